The number of benzene rings is 1. The second-order valence-corrected chi connectivity index (χ2v) is 5.19. The summed E-state index contributed by atoms with van der Waals surface area (Å²) in [5.74, 6) is -2.75. The number of hydrogen-bond acceptors (Lipinski definition) is 4. The Balaban J connectivity index is 2.48. The third-order valence-electron chi connectivity index (χ3n) is 2.36. The van der Waals surface area contributed by atoms with Gasteiger partial charge in [-0.2, -0.15) is 0 Å². The second kappa shape index (κ2) is 5.03. The Hall–Kier alpha value is -1.47. The first kappa shape index (κ1) is 13.0. The molecule has 4 nitrogen and oxygen atoms in total. The summed E-state index contributed by atoms with van der Waals surface area (Å²) in [6, 6.07) is 4.44. The summed E-state index contributed by atoms with van der Waals surface area (Å²) in [7, 11) is 0. The van der Waals surface area contributed by atoms with Gasteiger partial charge in [0.25, 0.3) is 0 Å². The Kier molecular flexibility index (Phi) is 3.63. The van der Waals surface area contributed by atoms with Crippen LogP contribution in [0.25, 0.3) is 10.2 Å². The van der Waals surface area contributed by atoms with Crippen molar-refractivity contribution in [3.63, 3.8) is 0 Å². The van der Waals surface area contributed by atoms with Crippen molar-refractivity contribution in [1.82, 2.24) is 4.98 Å². The highest BCUT2D eigenvalue weighted by Crippen LogP contribution is 2.31. The Bertz CT molecular complexity index is 626. The minimum Gasteiger partial charge on any atom is -0.481 e. The number of fused-ring (bicyclic) bond motifs is 1. The van der Waals surface area contributed by atoms with Crippen molar-refractivity contribution in [2.45, 2.75) is 12.3 Å². The van der Waals surface area contributed by atoms with Crippen molar-refractivity contribution in [2.24, 2.45) is 0 Å². The summed E-state index contributed by atoms with van der Waals surface area (Å²) >= 11 is 4.64. The highest BCUT2D eigenvalue weighted by atomic mass is 32.1. The molecule has 1 aromatic carbocycles. The molecular weight excluding hydrogens is 277 g/mol. The monoisotopic (exact) mass is 285 g/mol. The van der Waals surface area contributed by atoms with E-state index in [-0.39, 0.29) is 16.9 Å². The summed E-state index contributed by atoms with van der Waals surface area (Å²) in [5.41, 5.74) is 0.135. The van der Waals surface area contributed by atoms with E-state index in [1.54, 1.807) is 6.07 Å². The number of rotatable bonds is 4. The Morgan fingerprint density at radius 2 is 2.22 bits per heavy atom. The third kappa shape index (κ3) is 2.51. The van der Waals surface area contributed by atoms with Gasteiger partial charge in [0, 0.05) is 6.42 Å². The maximum atomic E-state index is 13.4. The zero-order chi connectivity index (χ0) is 13.3. The molecule has 7 heteroatoms. The van der Waals surface area contributed by atoms with Gasteiger partial charge in [0.15, 0.2) is 5.12 Å². The first-order chi connectivity index (χ1) is 8.49. The molecule has 1 atom stereocenters. The zero-order valence-corrected chi connectivity index (χ0v) is 10.7. The number of thiazole rings is 1. The molecule has 0 aliphatic heterocycles. The van der Waals surface area contributed by atoms with Crippen molar-refractivity contribution >= 4 is 45.3 Å². The molecule has 1 unspecified atom stereocenters. The number of halogens is 1. The lowest BCUT2D eigenvalue weighted by molar-refractivity contribution is -0.139. The molecule has 2 aromatic rings. The van der Waals surface area contributed by atoms with Crippen LogP contribution in [0.5, 0.6) is 0 Å². The molecule has 0 spiro atoms. The standard InChI is InChI=1S/C11H8FNO3S2/c12-6-2-1-3-7-9(6)13-10(18-7)5(11(15)16)4-8(14)17/h1-3,5H,4H2,(H,14,17)(H,15,16). The summed E-state index contributed by atoms with van der Waals surface area (Å²) in [5, 5.41) is 8.73. The van der Waals surface area contributed by atoms with Gasteiger partial charge in [-0.3, -0.25) is 9.59 Å². The van der Waals surface area contributed by atoms with Crippen LogP contribution < -0.4 is 0 Å². The van der Waals surface area contributed by atoms with Crippen LogP contribution in [0.4, 0.5) is 4.39 Å². The minimum atomic E-state index is -1.17. The second-order valence-electron chi connectivity index (χ2n) is 3.63. The third-order valence-corrected chi connectivity index (χ3v) is 3.68. The first-order valence-corrected chi connectivity index (χ1v) is 6.25. The molecule has 2 rings (SSSR count). The van der Waals surface area contributed by atoms with Crippen molar-refractivity contribution in [1.29, 1.82) is 0 Å². The van der Waals surface area contributed by atoms with Crippen LogP contribution in [0.2, 0.25) is 0 Å². The van der Waals surface area contributed by atoms with E-state index in [9.17, 15) is 14.0 Å². The highest BCUT2D eigenvalue weighted by Gasteiger charge is 2.26. The van der Waals surface area contributed by atoms with E-state index in [1.165, 1.54) is 12.1 Å². The number of aliphatic carboxylic acids is 1. The number of para-hydroxylation sites is 1. The molecule has 1 N–H and O–H groups in total. The Morgan fingerprint density at radius 1 is 1.50 bits per heavy atom. The number of aromatic nitrogens is 1. The maximum absolute atomic E-state index is 13.4. The minimum absolute atomic E-state index is 0.135. The molecular formula is C11H8FNO3S2. The van der Waals surface area contributed by atoms with E-state index in [0.29, 0.717) is 4.70 Å². The summed E-state index contributed by atoms with van der Waals surface area (Å²) in [6.45, 7) is 0. The number of carbonyl (C=O) groups is 2. The van der Waals surface area contributed by atoms with Gasteiger partial charge in [-0.05, 0) is 12.1 Å². The average molecular weight is 285 g/mol. The summed E-state index contributed by atoms with van der Waals surface area (Å²) in [4.78, 5) is 26.0. The predicted octanol–water partition coefficient (Wildman–Crippen LogP) is 2.45. The molecule has 18 heavy (non-hydrogen) atoms. The van der Waals surface area contributed by atoms with E-state index >= 15 is 0 Å². The van der Waals surface area contributed by atoms with Gasteiger partial charge in [0.1, 0.15) is 22.3 Å². The number of carbonyl (C=O) groups excluding carboxylic acids is 1. The lowest BCUT2D eigenvalue weighted by atomic mass is 10.1. The summed E-state index contributed by atoms with van der Waals surface area (Å²) < 4.78 is 14.0. The fraction of sp³-hybridized carbons (Fsp3) is 0.182. The van der Waals surface area contributed by atoms with Crippen molar-refractivity contribution < 1.29 is 19.1 Å². The number of nitrogens with zero attached hydrogens (tertiary/aromatic N) is 1. The molecule has 0 aliphatic rings. The van der Waals surface area contributed by atoms with E-state index in [0.717, 1.165) is 11.3 Å². The largest absolute Gasteiger partial charge is 0.481 e. The van der Waals surface area contributed by atoms with E-state index in [2.05, 4.69) is 17.6 Å². The van der Waals surface area contributed by atoms with Gasteiger partial charge in [0.2, 0.25) is 0 Å². The van der Waals surface area contributed by atoms with Gasteiger partial charge >= 0.3 is 5.97 Å². The zero-order valence-electron chi connectivity index (χ0n) is 8.96. The van der Waals surface area contributed by atoms with Crippen LogP contribution in [0.1, 0.15) is 17.3 Å². The lowest BCUT2D eigenvalue weighted by Crippen LogP contribution is -2.13. The average Bonchev–Trinajstić information content (AvgIpc) is 2.70. The highest BCUT2D eigenvalue weighted by molar-refractivity contribution is 7.96. The molecule has 0 saturated carbocycles. The molecule has 94 valence electrons. The molecule has 0 amide bonds. The van der Waals surface area contributed by atoms with Crippen LogP contribution in [-0.2, 0) is 9.59 Å². The number of carboxylic acid groups (broad SMARTS) is 1. The molecule has 0 radical (unpaired) electrons. The molecule has 0 fully saturated rings. The quantitative estimate of drug-likeness (QED) is 0.847. The maximum Gasteiger partial charge on any atom is 0.313 e. The molecule has 1 aromatic heterocycles. The summed E-state index contributed by atoms with van der Waals surface area (Å²) in [6.07, 6.45) is -0.264. The molecule has 0 aliphatic carbocycles. The van der Waals surface area contributed by atoms with Gasteiger partial charge in [-0.15, -0.1) is 24.0 Å². The smallest absolute Gasteiger partial charge is 0.313 e. The van der Waals surface area contributed by atoms with Crippen molar-refractivity contribution in [2.75, 3.05) is 0 Å². The number of thiol groups is 1. The van der Waals surface area contributed by atoms with Crippen LogP contribution in [0.15, 0.2) is 18.2 Å². The molecule has 0 saturated heterocycles. The van der Waals surface area contributed by atoms with Crippen LogP contribution >= 0.6 is 24.0 Å². The van der Waals surface area contributed by atoms with Crippen LogP contribution in [-0.4, -0.2) is 21.2 Å². The van der Waals surface area contributed by atoms with Gasteiger partial charge in [0.05, 0.1) is 4.70 Å². The Labute approximate surface area is 111 Å². The van der Waals surface area contributed by atoms with Gasteiger partial charge in [-0.25, -0.2) is 9.37 Å². The first-order valence-electron chi connectivity index (χ1n) is 4.98. The molecule has 0 bridgehead atoms. The predicted molar refractivity (Wildman–Crippen MR) is 68.6 cm³/mol. The number of hydrogen-bond donors (Lipinski definition) is 2. The number of carboxylic acids is 1. The van der Waals surface area contributed by atoms with E-state index in [4.69, 9.17) is 5.11 Å². The topological polar surface area (TPSA) is 67.3 Å². The molecule has 1 heterocycles. The fourth-order valence-electron chi connectivity index (χ4n) is 1.54. The lowest BCUT2D eigenvalue weighted by Gasteiger charge is -2.05. The van der Waals surface area contributed by atoms with Gasteiger partial charge < -0.3 is 5.11 Å². The van der Waals surface area contributed by atoms with Crippen molar-refractivity contribution in [3.8, 4) is 0 Å². The van der Waals surface area contributed by atoms with Crippen LogP contribution in [0.3, 0.4) is 0 Å². The SMILES string of the molecule is O=C(S)CC(C(=O)O)c1nc2c(F)cccc2s1. The fourth-order valence-corrected chi connectivity index (χ4v) is 2.79. The van der Waals surface area contributed by atoms with E-state index in [1.807, 2.05) is 0 Å². The normalized spacial score (nSPS) is 12.6. The van der Waals surface area contributed by atoms with E-state index < -0.39 is 22.8 Å². The van der Waals surface area contributed by atoms with Crippen LogP contribution in [0, 0.1) is 5.82 Å². The van der Waals surface area contributed by atoms with Gasteiger partial charge in [-0.1, -0.05) is 6.07 Å². The van der Waals surface area contributed by atoms with Crippen molar-refractivity contribution in [3.05, 3.63) is 29.0 Å². The Morgan fingerprint density at radius 3 is 2.78 bits per heavy atom.